The lowest BCUT2D eigenvalue weighted by atomic mass is 10.3. The predicted octanol–water partition coefficient (Wildman–Crippen LogP) is 3.68. The number of anilines is 1. The Balaban J connectivity index is 0.000000141. The van der Waals surface area contributed by atoms with Crippen molar-refractivity contribution in [3.8, 4) is 0 Å². The van der Waals surface area contributed by atoms with Crippen LogP contribution in [-0.4, -0.2) is 44.1 Å². The Morgan fingerprint density at radius 2 is 1.96 bits per heavy atom. The van der Waals surface area contributed by atoms with E-state index < -0.39 is 0 Å². The molecular weight excluding hydrogens is 380 g/mol. The first kappa shape index (κ1) is 17.3. The van der Waals surface area contributed by atoms with E-state index in [1.165, 1.54) is 0 Å². The molecule has 0 aliphatic carbocycles. The Morgan fingerprint density at radius 1 is 1.17 bits per heavy atom. The maximum atomic E-state index is 5.15. The highest BCUT2D eigenvalue weighted by Gasteiger charge is 2.19. The van der Waals surface area contributed by atoms with E-state index in [1.807, 2.05) is 37.0 Å². The Labute approximate surface area is 158 Å². The van der Waals surface area contributed by atoms with Crippen molar-refractivity contribution in [3.05, 3.63) is 34.7 Å². The number of rotatable bonds is 2. The van der Waals surface area contributed by atoms with E-state index in [0.717, 1.165) is 39.2 Å². The number of hydrogen-bond acceptors (Lipinski definition) is 6. The topological polar surface area (TPSA) is 75.5 Å². The second kappa shape index (κ2) is 7.60. The monoisotopic (exact) mass is 396 g/mol. The SMILES string of the molecule is CSN1CNC(=S)c2cc[nH]c21.CSc1nc(=S)c2cc[nH]c2[nH]1. The smallest absolute Gasteiger partial charge is 0.168 e. The molecule has 6 nitrogen and oxygen atoms in total. The number of thioether (sulfide) groups is 1. The first-order chi connectivity index (χ1) is 11.6. The summed E-state index contributed by atoms with van der Waals surface area (Å²) in [7, 11) is 0. The number of thiocarbonyl (C=S) groups is 1. The lowest BCUT2D eigenvalue weighted by Crippen LogP contribution is -2.38. The minimum absolute atomic E-state index is 0.648. The number of nitrogens with zero attached hydrogens (tertiary/aromatic N) is 2. The molecule has 0 atom stereocenters. The van der Waals surface area contributed by atoms with Gasteiger partial charge in [-0.1, -0.05) is 48.1 Å². The van der Waals surface area contributed by atoms with Crippen LogP contribution in [0.2, 0.25) is 0 Å². The van der Waals surface area contributed by atoms with Gasteiger partial charge in [0, 0.05) is 18.6 Å². The van der Waals surface area contributed by atoms with Crippen molar-refractivity contribution in [1.82, 2.24) is 25.3 Å². The van der Waals surface area contributed by atoms with Crippen LogP contribution in [0.25, 0.3) is 11.0 Å². The number of nitrogens with one attached hydrogen (secondary N) is 4. The first-order valence-electron chi connectivity index (χ1n) is 7.02. The maximum Gasteiger partial charge on any atom is 0.168 e. The van der Waals surface area contributed by atoms with Gasteiger partial charge >= 0.3 is 0 Å². The molecule has 1 aliphatic heterocycles. The Kier molecular flexibility index (Phi) is 5.49. The van der Waals surface area contributed by atoms with Gasteiger partial charge in [-0.05, 0) is 18.4 Å². The molecule has 0 radical (unpaired) electrons. The molecule has 3 aromatic rings. The van der Waals surface area contributed by atoms with Crippen molar-refractivity contribution in [2.75, 3.05) is 23.5 Å². The third-order valence-electron chi connectivity index (χ3n) is 3.43. The lowest BCUT2D eigenvalue weighted by Gasteiger charge is -2.27. The molecule has 0 amide bonds. The maximum absolute atomic E-state index is 5.15. The molecule has 0 saturated carbocycles. The van der Waals surface area contributed by atoms with E-state index >= 15 is 0 Å². The Hall–Kier alpha value is -1.49. The van der Waals surface area contributed by atoms with Crippen molar-refractivity contribution in [1.29, 1.82) is 0 Å². The summed E-state index contributed by atoms with van der Waals surface area (Å²) in [6.07, 6.45) is 7.76. The van der Waals surface area contributed by atoms with Crippen LogP contribution in [0.1, 0.15) is 5.56 Å². The average Bonchev–Trinajstić information content (AvgIpc) is 3.25. The van der Waals surface area contributed by atoms with E-state index in [-0.39, 0.29) is 0 Å². The Morgan fingerprint density at radius 3 is 2.71 bits per heavy atom. The van der Waals surface area contributed by atoms with Gasteiger partial charge in [0.1, 0.15) is 27.8 Å². The van der Waals surface area contributed by atoms with Crippen LogP contribution in [0.15, 0.2) is 29.7 Å². The zero-order chi connectivity index (χ0) is 17.1. The van der Waals surface area contributed by atoms with E-state index in [9.17, 15) is 0 Å². The highest BCUT2D eigenvalue weighted by molar-refractivity contribution is 8.00. The number of hydrogen-bond donors (Lipinski definition) is 4. The summed E-state index contributed by atoms with van der Waals surface area (Å²) in [6.45, 7) is 0.771. The van der Waals surface area contributed by atoms with Crippen LogP contribution < -0.4 is 9.62 Å². The third-order valence-corrected chi connectivity index (χ3v) is 5.44. The van der Waals surface area contributed by atoms with Crippen LogP contribution in [0, 0.1) is 4.64 Å². The quantitative estimate of drug-likeness (QED) is 0.228. The molecule has 0 aromatic carbocycles. The molecule has 24 heavy (non-hydrogen) atoms. The molecule has 0 bridgehead atoms. The zero-order valence-corrected chi connectivity index (χ0v) is 16.3. The number of H-pyrrole nitrogens is 3. The van der Waals surface area contributed by atoms with Crippen LogP contribution in [-0.2, 0) is 0 Å². The van der Waals surface area contributed by atoms with Crippen molar-refractivity contribution in [3.63, 3.8) is 0 Å². The van der Waals surface area contributed by atoms with E-state index in [2.05, 4.69) is 29.6 Å². The van der Waals surface area contributed by atoms with Crippen molar-refractivity contribution >= 4 is 70.0 Å². The van der Waals surface area contributed by atoms with Crippen LogP contribution in [0.4, 0.5) is 5.82 Å². The molecule has 3 aromatic heterocycles. The number of aromatic amines is 3. The lowest BCUT2D eigenvalue weighted by molar-refractivity contribution is 0.906. The number of aromatic nitrogens is 4. The van der Waals surface area contributed by atoms with Crippen molar-refractivity contribution in [2.45, 2.75) is 5.16 Å². The van der Waals surface area contributed by atoms with Crippen LogP contribution >= 0.6 is 48.1 Å². The van der Waals surface area contributed by atoms with Gasteiger partial charge in [-0.2, -0.15) is 0 Å². The minimum Gasteiger partial charge on any atom is -0.357 e. The van der Waals surface area contributed by atoms with Crippen molar-refractivity contribution in [2.24, 2.45) is 0 Å². The molecule has 1 aliphatic rings. The second-order valence-corrected chi connectivity index (χ2v) is 7.18. The fourth-order valence-corrected chi connectivity index (χ4v) is 3.72. The Bertz CT molecular complexity index is 911. The van der Waals surface area contributed by atoms with Crippen LogP contribution in [0.3, 0.4) is 0 Å². The standard InChI is InChI=1S/C7H9N3S2.C7H7N3S2/c1-12-10-4-9-7(11)5-2-3-8-6(5)10;1-12-7-9-5-4(2-3-8-5)6(11)10-7/h2-3,8H,4H2,1H3,(H,9,11);2-3H,1H3,(H2,8,9,10,11). The average molecular weight is 397 g/mol. The van der Waals surface area contributed by atoms with Gasteiger partial charge in [0.2, 0.25) is 0 Å². The predicted molar refractivity (Wildman–Crippen MR) is 110 cm³/mol. The summed E-state index contributed by atoms with van der Waals surface area (Å²) in [4.78, 5) is 14.4. The molecule has 0 spiro atoms. The van der Waals surface area contributed by atoms with Crippen LogP contribution in [0.5, 0.6) is 0 Å². The summed E-state index contributed by atoms with van der Waals surface area (Å²) in [5.74, 6) is 1.10. The van der Waals surface area contributed by atoms with E-state index in [1.54, 1.807) is 23.7 Å². The van der Waals surface area contributed by atoms with Crippen molar-refractivity contribution < 1.29 is 0 Å². The normalized spacial score (nSPS) is 13.2. The molecule has 0 saturated heterocycles. The van der Waals surface area contributed by atoms with E-state index in [4.69, 9.17) is 24.4 Å². The number of fused-ring (bicyclic) bond motifs is 2. The van der Waals surface area contributed by atoms with Gasteiger partial charge < -0.3 is 20.3 Å². The molecule has 4 rings (SSSR count). The molecule has 10 heteroatoms. The molecule has 126 valence electrons. The fourth-order valence-electron chi connectivity index (χ4n) is 2.26. The molecule has 4 heterocycles. The summed E-state index contributed by atoms with van der Waals surface area (Å²) < 4.78 is 2.78. The third kappa shape index (κ3) is 3.46. The summed E-state index contributed by atoms with van der Waals surface area (Å²) >= 11 is 13.5. The summed E-state index contributed by atoms with van der Waals surface area (Å²) in [5.41, 5.74) is 2.03. The highest BCUT2D eigenvalue weighted by atomic mass is 32.2. The zero-order valence-electron chi connectivity index (χ0n) is 13.0. The summed E-state index contributed by atoms with van der Waals surface area (Å²) in [5, 5.41) is 4.96. The minimum atomic E-state index is 0.648. The summed E-state index contributed by atoms with van der Waals surface area (Å²) in [6, 6.07) is 3.92. The van der Waals surface area contributed by atoms with E-state index in [0.29, 0.717) is 4.64 Å². The van der Waals surface area contributed by atoms with Gasteiger partial charge in [0.05, 0.1) is 10.9 Å². The molecular formula is C14H16N6S4. The molecule has 0 unspecified atom stereocenters. The van der Waals surface area contributed by atoms with Gasteiger partial charge in [0.15, 0.2) is 5.16 Å². The van der Waals surface area contributed by atoms with Gasteiger partial charge in [-0.3, -0.25) is 4.31 Å². The van der Waals surface area contributed by atoms with Gasteiger partial charge in [0.25, 0.3) is 0 Å². The second-order valence-electron chi connectivity index (χ2n) is 4.78. The fraction of sp³-hybridized carbons (Fsp3) is 0.214. The molecule has 0 fully saturated rings. The molecule has 4 N–H and O–H groups in total. The largest absolute Gasteiger partial charge is 0.357 e. The van der Waals surface area contributed by atoms with Gasteiger partial charge in [-0.25, -0.2) is 4.98 Å². The first-order valence-corrected chi connectivity index (χ1v) is 10.2. The highest BCUT2D eigenvalue weighted by Crippen LogP contribution is 2.25. The van der Waals surface area contributed by atoms with Gasteiger partial charge in [-0.15, -0.1) is 0 Å².